The summed E-state index contributed by atoms with van der Waals surface area (Å²) in [4.78, 5) is 27.4. The number of amides is 1. The van der Waals surface area contributed by atoms with Gasteiger partial charge in [-0.15, -0.1) is 0 Å². The fraction of sp³-hybridized carbons (Fsp3) is 0.385. The van der Waals surface area contributed by atoms with E-state index in [0.717, 1.165) is 0 Å². The molecule has 8 nitrogen and oxygen atoms in total. The SMILES string of the molecule is COCCN1C(=O)C(=O)/C(=C(/O)c2ccc(OCC(C)C)cc2)C1c1ccc(OC)c(OC)c1. The molecule has 1 heterocycles. The molecule has 0 spiro atoms. The monoisotopic (exact) mass is 469 g/mol. The van der Waals surface area contributed by atoms with Crippen LogP contribution in [0, 0.1) is 5.92 Å². The summed E-state index contributed by atoms with van der Waals surface area (Å²) in [7, 11) is 4.55. The molecule has 0 aromatic heterocycles. The van der Waals surface area contributed by atoms with Gasteiger partial charge in [0.05, 0.1) is 39.0 Å². The Morgan fingerprint density at radius 3 is 2.26 bits per heavy atom. The normalized spacial score (nSPS) is 17.4. The summed E-state index contributed by atoms with van der Waals surface area (Å²) in [5.41, 5.74) is 1.02. The van der Waals surface area contributed by atoms with E-state index in [4.69, 9.17) is 18.9 Å². The van der Waals surface area contributed by atoms with Crippen LogP contribution in [0.15, 0.2) is 48.0 Å². The van der Waals surface area contributed by atoms with Crippen molar-refractivity contribution in [2.45, 2.75) is 19.9 Å². The van der Waals surface area contributed by atoms with E-state index in [1.807, 2.05) is 0 Å². The Labute approximate surface area is 199 Å². The van der Waals surface area contributed by atoms with Crippen molar-refractivity contribution in [1.29, 1.82) is 0 Å². The van der Waals surface area contributed by atoms with Gasteiger partial charge in [0.1, 0.15) is 11.5 Å². The number of aliphatic hydroxyl groups excluding tert-OH is 1. The fourth-order valence-electron chi connectivity index (χ4n) is 3.80. The van der Waals surface area contributed by atoms with Crippen molar-refractivity contribution in [3.8, 4) is 17.2 Å². The summed E-state index contributed by atoms with van der Waals surface area (Å²) in [6.45, 7) is 5.08. The molecule has 0 radical (unpaired) electrons. The van der Waals surface area contributed by atoms with Gasteiger partial charge in [-0.1, -0.05) is 19.9 Å². The summed E-state index contributed by atoms with van der Waals surface area (Å²) in [5, 5.41) is 11.2. The minimum absolute atomic E-state index is 0.00386. The number of nitrogens with zero attached hydrogens (tertiary/aromatic N) is 1. The standard InChI is InChI=1S/C26H31NO7/c1-16(2)15-34-19-9-6-17(7-10-19)24(28)22-23(27(12-13-31-3)26(30)25(22)29)18-8-11-20(32-4)21(14-18)33-5/h6-11,14,16,23,28H,12-13,15H2,1-5H3/b24-22+. The second-order valence-corrected chi connectivity index (χ2v) is 8.33. The van der Waals surface area contributed by atoms with Gasteiger partial charge in [0.2, 0.25) is 0 Å². The molecule has 182 valence electrons. The number of ketones is 1. The van der Waals surface area contributed by atoms with Crippen molar-refractivity contribution < 1.29 is 33.6 Å². The van der Waals surface area contributed by atoms with Gasteiger partial charge in [-0.25, -0.2) is 0 Å². The molecule has 1 atom stereocenters. The van der Waals surface area contributed by atoms with Crippen molar-refractivity contribution in [1.82, 2.24) is 4.90 Å². The molecule has 1 fully saturated rings. The Hall–Kier alpha value is -3.52. The van der Waals surface area contributed by atoms with E-state index in [-0.39, 0.29) is 24.5 Å². The van der Waals surface area contributed by atoms with Crippen LogP contribution in [-0.2, 0) is 14.3 Å². The number of benzene rings is 2. The van der Waals surface area contributed by atoms with Crippen LogP contribution < -0.4 is 14.2 Å². The van der Waals surface area contributed by atoms with Crippen molar-refractivity contribution >= 4 is 17.4 Å². The van der Waals surface area contributed by atoms with Crippen LogP contribution in [0.25, 0.3) is 5.76 Å². The first-order valence-corrected chi connectivity index (χ1v) is 11.0. The van der Waals surface area contributed by atoms with Crippen molar-refractivity contribution in [3.63, 3.8) is 0 Å². The first kappa shape index (κ1) is 25.1. The van der Waals surface area contributed by atoms with Crippen LogP contribution in [-0.4, -0.2) is 62.8 Å². The van der Waals surface area contributed by atoms with Gasteiger partial charge in [-0.05, 0) is 47.9 Å². The number of hydrogen-bond donors (Lipinski definition) is 1. The maximum absolute atomic E-state index is 13.1. The van der Waals surface area contributed by atoms with Crippen LogP contribution in [0.1, 0.15) is 31.0 Å². The van der Waals surface area contributed by atoms with Gasteiger partial charge < -0.3 is 29.0 Å². The van der Waals surface area contributed by atoms with Gasteiger partial charge in [-0.3, -0.25) is 9.59 Å². The molecule has 2 aromatic rings. The summed E-state index contributed by atoms with van der Waals surface area (Å²) in [6.07, 6.45) is 0. The number of hydrogen-bond acceptors (Lipinski definition) is 7. The highest BCUT2D eigenvalue weighted by molar-refractivity contribution is 6.46. The van der Waals surface area contributed by atoms with Crippen LogP contribution in [0.5, 0.6) is 17.2 Å². The molecular formula is C26H31NO7. The van der Waals surface area contributed by atoms with Crippen LogP contribution in [0.3, 0.4) is 0 Å². The molecule has 1 unspecified atom stereocenters. The van der Waals surface area contributed by atoms with E-state index in [0.29, 0.717) is 40.9 Å². The average molecular weight is 470 g/mol. The van der Waals surface area contributed by atoms with E-state index in [1.54, 1.807) is 42.5 Å². The van der Waals surface area contributed by atoms with Crippen LogP contribution in [0.2, 0.25) is 0 Å². The molecule has 1 aliphatic rings. The molecule has 34 heavy (non-hydrogen) atoms. The maximum Gasteiger partial charge on any atom is 0.295 e. The zero-order valence-electron chi connectivity index (χ0n) is 20.2. The number of methoxy groups -OCH3 is 3. The third-order valence-electron chi connectivity index (χ3n) is 5.51. The Morgan fingerprint density at radius 1 is 1.00 bits per heavy atom. The molecule has 1 amide bonds. The Morgan fingerprint density at radius 2 is 1.68 bits per heavy atom. The predicted octanol–water partition coefficient (Wildman–Crippen LogP) is 3.81. The Bertz CT molecular complexity index is 1060. The number of carbonyl (C=O) groups excluding carboxylic acids is 2. The zero-order valence-corrected chi connectivity index (χ0v) is 20.2. The first-order valence-electron chi connectivity index (χ1n) is 11.0. The highest BCUT2D eigenvalue weighted by Crippen LogP contribution is 2.41. The van der Waals surface area contributed by atoms with Gasteiger partial charge in [0, 0.05) is 19.2 Å². The maximum atomic E-state index is 13.1. The summed E-state index contributed by atoms with van der Waals surface area (Å²) >= 11 is 0. The molecular weight excluding hydrogens is 438 g/mol. The fourth-order valence-corrected chi connectivity index (χ4v) is 3.80. The van der Waals surface area contributed by atoms with E-state index >= 15 is 0 Å². The van der Waals surface area contributed by atoms with E-state index in [2.05, 4.69) is 13.8 Å². The first-order chi connectivity index (χ1) is 16.3. The summed E-state index contributed by atoms with van der Waals surface area (Å²) in [6, 6.07) is 11.1. The molecule has 1 N–H and O–H groups in total. The summed E-state index contributed by atoms with van der Waals surface area (Å²) in [5.74, 6) is 0.276. The third-order valence-corrected chi connectivity index (χ3v) is 5.51. The smallest absolute Gasteiger partial charge is 0.295 e. The van der Waals surface area contributed by atoms with Gasteiger partial charge in [0.25, 0.3) is 11.7 Å². The van der Waals surface area contributed by atoms with Gasteiger partial charge in [-0.2, -0.15) is 0 Å². The molecule has 0 bridgehead atoms. The van der Waals surface area contributed by atoms with Crippen molar-refractivity contribution in [2.24, 2.45) is 5.92 Å². The zero-order chi connectivity index (χ0) is 24.8. The minimum Gasteiger partial charge on any atom is -0.507 e. The molecule has 8 heteroatoms. The van der Waals surface area contributed by atoms with Gasteiger partial charge in [0.15, 0.2) is 11.5 Å². The highest BCUT2D eigenvalue weighted by atomic mass is 16.5. The molecule has 1 saturated heterocycles. The Kier molecular flexibility index (Phi) is 8.17. The van der Waals surface area contributed by atoms with Crippen LogP contribution in [0.4, 0.5) is 0 Å². The van der Waals surface area contributed by atoms with E-state index in [1.165, 1.54) is 26.2 Å². The lowest BCUT2D eigenvalue weighted by atomic mass is 9.95. The lowest BCUT2D eigenvalue weighted by Gasteiger charge is -2.25. The number of ether oxygens (including phenoxy) is 4. The van der Waals surface area contributed by atoms with E-state index in [9.17, 15) is 14.7 Å². The highest BCUT2D eigenvalue weighted by Gasteiger charge is 2.46. The lowest BCUT2D eigenvalue weighted by molar-refractivity contribution is -0.140. The molecule has 3 rings (SSSR count). The second kappa shape index (κ2) is 11.1. The third kappa shape index (κ3) is 5.17. The Balaban J connectivity index is 2.07. The topological polar surface area (TPSA) is 94.5 Å². The predicted molar refractivity (Wildman–Crippen MR) is 127 cm³/mol. The number of likely N-dealkylation sites (tertiary alicyclic amines) is 1. The minimum atomic E-state index is -0.813. The molecule has 1 aliphatic heterocycles. The largest absolute Gasteiger partial charge is 0.507 e. The quantitative estimate of drug-likeness (QED) is 0.321. The van der Waals surface area contributed by atoms with Crippen LogP contribution >= 0.6 is 0 Å². The van der Waals surface area contributed by atoms with E-state index < -0.39 is 17.7 Å². The molecule has 0 aliphatic carbocycles. The number of Topliss-reactive ketones (excluding diaryl/α,β-unsaturated/α-hetero) is 1. The molecule has 0 saturated carbocycles. The number of aliphatic hydroxyl groups is 1. The second-order valence-electron chi connectivity index (χ2n) is 8.33. The average Bonchev–Trinajstić information content (AvgIpc) is 3.10. The molecule has 2 aromatic carbocycles. The number of carbonyl (C=O) groups is 2. The van der Waals surface area contributed by atoms with Crippen molar-refractivity contribution in [3.05, 3.63) is 59.2 Å². The summed E-state index contributed by atoms with van der Waals surface area (Å²) < 4.78 is 21.6. The van der Waals surface area contributed by atoms with Gasteiger partial charge >= 0.3 is 0 Å². The number of rotatable bonds is 10. The lowest BCUT2D eigenvalue weighted by Crippen LogP contribution is -2.32. The van der Waals surface area contributed by atoms with Crippen molar-refractivity contribution in [2.75, 3.05) is 41.1 Å².